The molecule has 4 heterocycles. The fourth-order valence-electron chi connectivity index (χ4n) is 5.38. The summed E-state index contributed by atoms with van der Waals surface area (Å²) in [5.74, 6) is 1.10. The van der Waals surface area contributed by atoms with Gasteiger partial charge in [-0.05, 0) is 31.2 Å². The minimum atomic E-state index is 0.373. The first-order chi connectivity index (χ1) is 14.2. The second-order valence-electron chi connectivity index (χ2n) is 8.53. The summed E-state index contributed by atoms with van der Waals surface area (Å²) in [6.07, 6.45) is 5.93. The van der Waals surface area contributed by atoms with Crippen molar-refractivity contribution in [2.45, 2.75) is 63.4 Å². The Morgan fingerprint density at radius 2 is 1.79 bits per heavy atom. The van der Waals surface area contributed by atoms with Crippen LogP contribution in [0.1, 0.15) is 42.5 Å². The van der Waals surface area contributed by atoms with Gasteiger partial charge >= 0.3 is 6.01 Å². The maximum atomic E-state index is 5.70. The molecule has 1 aromatic carbocycles. The molecule has 0 aliphatic carbocycles. The third-order valence-electron chi connectivity index (χ3n) is 6.80. The predicted octanol–water partition coefficient (Wildman–Crippen LogP) is 3.19. The van der Waals surface area contributed by atoms with Crippen LogP contribution < -0.4 is 9.64 Å². The Hall–Kier alpha value is -2.18. The molecule has 6 nitrogen and oxygen atoms in total. The van der Waals surface area contributed by atoms with Crippen LogP contribution in [-0.4, -0.2) is 53.8 Å². The summed E-state index contributed by atoms with van der Waals surface area (Å²) in [5, 5.41) is 0. The molecule has 0 unspecified atom stereocenters. The second-order valence-corrected chi connectivity index (χ2v) is 8.53. The smallest absolute Gasteiger partial charge is 0.318 e. The number of fused-ring (bicyclic) bond motifs is 3. The molecule has 3 aliphatic rings. The molecule has 154 valence electrons. The van der Waals surface area contributed by atoms with E-state index in [4.69, 9.17) is 19.4 Å². The van der Waals surface area contributed by atoms with Crippen LogP contribution in [0.4, 0.5) is 5.82 Å². The molecular weight excluding hydrogens is 364 g/mol. The highest BCUT2D eigenvalue weighted by atomic mass is 16.5. The van der Waals surface area contributed by atoms with Gasteiger partial charge in [-0.25, -0.2) is 0 Å². The zero-order valence-corrected chi connectivity index (χ0v) is 17.4. The van der Waals surface area contributed by atoms with E-state index < -0.39 is 0 Å². The molecule has 2 bridgehead atoms. The maximum absolute atomic E-state index is 5.70. The van der Waals surface area contributed by atoms with E-state index in [1.165, 1.54) is 24.0 Å². The molecule has 2 saturated heterocycles. The lowest BCUT2D eigenvalue weighted by molar-refractivity contribution is 0.0680. The van der Waals surface area contributed by atoms with Crippen molar-refractivity contribution < 1.29 is 9.47 Å². The van der Waals surface area contributed by atoms with Crippen LogP contribution in [0.3, 0.4) is 0 Å². The Morgan fingerprint density at radius 1 is 1.03 bits per heavy atom. The maximum Gasteiger partial charge on any atom is 0.318 e. The number of benzene rings is 1. The van der Waals surface area contributed by atoms with Gasteiger partial charge in [0.25, 0.3) is 0 Å². The van der Waals surface area contributed by atoms with Gasteiger partial charge in [0.05, 0.1) is 18.9 Å². The Bertz CT molecular complexity index is 845. The average Bonchev–Trinajstić information content (AvgIpc) is 3.02. The molecule has 29 heavy (non-hydrogen) atoms. The first-order valence-electron chi connectivity index (χ1n) is 10.8. The van der Waals surface area contributed by atoms with Crippen molar-refractivity contribution in [1.82, 2.24) is 14.9 Å². The zero-order chi connectivity index (χ0) is 19.8. The SMILES string of the molecule is COc1nc2c(c(N3[C@@H]4CC[C@H]3C[C@@H](OC)C4)n1)CN(Cc1ccccc1)CC2. The molecule has 0 amide bonds. The molecule has 0 saturated carbocycles. The van der Waals surface area contributed by atoms with Gasteiger partial charge in [0.2, 0.25) is 0 Å². The van der Waals surface area contributed by atoms with Gasteiger partial charge in [-0.3, -0.25) is 4.90 Å². The molecule has 0 spiro atoms. The molecule has 0 radical (unpaired) electrons. The van der Waals surface area contributed by atoms with E-state index in [9.17, 15) is 0 Å². The molecular formula is C23H30N4O2. The number of hydrogen-bond acceptors (Lipinski definition) is 6. The lowest BCUT2D eigenvalue weighted by Crippen LogP contribution is -2.47. The highest BCUT2D eigenvalue weighted by molar-refractivity contribution is 5.54. The first-order valence-corrected chi connectivity index (χ1v) is 10.8. The van der Waals surface area contributed by atoms with E-state index in [2.05, 4.69) is 40.1 Å². The molecule has 1 aromatic heterocycles. The van der Waals surface area contributed by atoms with Crippen molar-refractivity contribution in [2.75, 3.05) is 25.7 Å². The Morgan fingerprint density at radius 3 is 2.48 bits per heavy atom. The second kappa shape index (κ2) is 7.92. The normalized spacial score (nSPS) is 26.4. The molecule has 0 N–H and O–H groups in total. The van der Waals surface area contributed by atoms with Crippen molar-refractivity contribution in [3.8, 4) is 6.01 Å². The molecule has 2 aromatic rings. The van der Waals surface area contributed by atoms with E-state index in [0.29, 0.717) is 24.2 Å². The van der Waals surface area contributed by atoms with Crippen LogP contribution in [0, 0.1) is 0 Å². The van der Waals surface area contributed by atoms with Crippen molar-refractivity contribution in [3.05, 3.63) is 47.2 Å². The number of rotatable bonds is 5. The van der Waals surface area contributed by atoms with Crippen molar-refractivity contribution in [1.29, 1.82) is 0 Å². The van der Waals surface area contributed by atoms with E-state index in [1.54, 1.807) is 7.11 Å². The number of ether oxygens (including phenoxy) is 2. The van der Waals surface area contributed by atoms with Gasteiger partial charge in [-0.2, -0.15) is 9.97 Å². The third kappa shape index (κ3) is 3.60. The number of methoxy groups -OCH3 is 2. The summed E-state index contributed by atoms with van der Waals surface area (Å²) in [6.45, 7) is 2.87. The lowest BCUT2D eigenvalue weighted by atomic mass is 9.97. The van der Waals surface area contributed by atoms with Gasteiger partial charge in [0, 0.05) is 50.8 Å². The molecule has 5 rings (SSSR count). The fourth-order valence-corrected chi connectivity index (χ4v) is 5.38. The number of aromatic nitrogens is 2. The van der Waals surface area contributed by atoms with Crippen LogP contribution in [0.15, 0.2) is 30.3 Å². The quantitative estimate of drug-likeness (QED) is 0.776. The van der Waals surface area contributed by atoms with Crippen molar-refractivity contribution >= 4 is 5.82 Å². The van der Waals surface area contributed by atoms with Gasteiger partial charge in [-0.1, -0.05) is 30.3 Å². The van der Waals surface area contributed by atoms with Gasteiger partial charge in [0.15, 0.2) is 0 Å². The highest BCUT2D eigenvalue weighted by Crippen LogP contribution is 2.42. The minimum absolute atomic E-state index is 0.373. The van der Waals surface area contributed by atoms with Crippen LogP contribution in [0.2, 0.25) is 0 Å². The predicted molar refractivity (Wildman–Crippen MR) is 112 cm³/mol. The lowest BCUT2D eigenvalue weighted by Gasteiger charge is -2.41. The van der Waals surface area contributed by atoms with Crippen LogP contribution >= 0.6 is 0 Å². The number of piperidine rings is 1. The van der Waals surface area contributed by atoms with E-state index in [-0.39, 0.29) is 0 Å². The topological polar surface area (TPSA) is 50.7 Å². The Balaban J connectivity index is 1.46. The number of hydrogen-bond donors (Lipinski definition) is 0. The van der Waals surface area contributed by atoms with Gasteiger partial charge in [0.1, 0.15) is 5.82 Å². The molecule has 6 heteroatoms. The highest BCUT2D eigenvalue weighted by Gasteiger charge is 2.43. The van der Waals surface area contributed by atoms with Gasteiger partial charge < -0.3 is 14.4 Å². The summed E-state index contributed by atoms with van der Waals surface area (Å²) in [5.41, 5.74) is 3.80. The van der Waals surface area contributed by atoms with Crippen molar-refractivity contribution in [2.24, 2.45) is 0 Å². The molecule has 3 aliphatic heterocycles. The molecule has 2 fully saturated rings. The molecule has 3 atom stereocenters. The first kappa shape index (κ1) is 18.8. The summed E-state index contributed by atoms with van der Waals surface area (Å²) in [6, 6.07) is 12.2. The number of anilines is 1. The van der Waals surface area contributed by atoms with Crippen molar-refractivity contribution in [3.63, 3.8) is 0 Å². The van der Waals surface area contributed by atoms with Crippen LogP contribution in [-0.2, 0) is 24.2 Å². The minimum Gasteiger partial charge on any atom is -0.467 e. The Kier molecular flexibility index (Phi) is 5.14. The zero-order valence-electron chi connectivity index (χ0n) is 17.4. The summed E-state index contributed by atoms with van der Waals surface area (Å²) in [7, 11) is 3.51. The Labute approximate surface area is 172 Å². The fraction of sp³-hybridized carbons (Fsp3) is 0.565. The number of nitrogens with zero attached hydrogens (tertiary/aromatic N) is 4. The van der Waals surface area contributed by atoms with E-state index in [0.717, 1.165) is 50.4 Å². The monoisotopic (exact) mass is 394 g/mol. The largest absolute Gasteiger partial charge is 0.467 e. The van der Waals surface area contributed by atoms with E-state index in [1.807, 2.05) is 7.11 Å². The summed E-state index contributed by atoms with van der Waals surface area (Å²) >= 11 is 0. The summed E-state index contributed by atoms with van der Waals surface area (Å²) < 4.78 is 11.2. The van der Waals surface area contributed by atoms with Crippen LogP contribution in [0.25, 0.3) is 0 Å². The summed E-state index contributed by atoms with van der Waals surface area (Å²) in [4.78, 5) is 14.7. The third-order valence-corrected chi connectivity index (χ3v) is 6.80. The van der Waals surface area contributed by atoms with Crippen LogP contribution in [0.5, 0.6) is 6.01 Å². The van der Waals surface area contributed by atoms with E-state index >= 15 is 0 Å². The standard InChI is InChI=1S/C23H30N4O2/c1-28-19-12-17-8-9-18(13-19)27(17)22-20-15-26(14-16-6-4-3-5-7-16)11-10-21(20)24-23(25-22)29-2/h3-7,17-19H,8-15H2,1-2H3/t17-,18+,19+. The average molecular weight is 395 g/mol. The van der Waals surface area contributed by atoms with Gasteiger partial charge in [-0.15, -0.1) is 0 Å².